The molecule has 24 heavy (non-hydrogen) atoms. The second kappa shape index (κ2) is 8.27. The van der Waals surface area contributed by atoms with E-state index in [2.05, 4.69) is 10.2 Å². The first-order chi connectivity index (χ1) is 11.7. The van der Waals surface area contributed by atoms with Gasteiger partial charge in [0.25, 0.3) is 0 Å². The summed E-state index contributed by atoms with van der Waals surface area (Å²) in [4.78, 5) is 31.1. The number of amides is 2. The fourth-order valence-electron chi connectivity index (χ4n) is 3.79. The van der Waals surface area contributed by atoms with Crippen LogP contribution in [0.1, 0.15) is 25.7 Å². The molecule has 2 aliphatic heterocycles. The molecule has 2 saturated heterocycles. The maximum absolute atomic E-state index is 12.6. The molecule has 3 fully saturated rings. The standard InChI is InChI=1S/C17H30N4O3/c22-11-10-19-6-8-20(9-7-19)16(23)12-15-17(24)21(5-4-18-15)13-14-2-1-3-14/h14-15,18,22H,1-13H2. The Morgan fingerprint density at radius 2 is 1.92 bits per heavy atom. The minimum absolute atomic E-state index is 0.0648. The van der Waals surface area contributed by atoms with Gasteiger partial charge < -0.3 is 20.2 Å². The van der Waals surface area contributed by atoms with Gasteiger partial charge in [0.15, 0.2) is 0 Å². The van der Waals surface area contributed by atoms with E-state index in [1.807, 2.05) is 9.80 Å². The van der Waals surface area contributed by atoms with Crippen molar-refractivity contribution in [2.75, 3.05) is 59.0 Å². The minimum atomic E-state index is -0.359. The molecule has 2 heterocycles. The molecule has 2 N–H and O–H groups in total. The topological polar surface area (TPSA) is 76.1 Å². The summed E-state index contributed by atoms with van der Waals surface area (Å²) < 4.78 is 0. The number of β-amino-alcohol motifs (C(OH)–C–C–N with tert-alkyl or cyclic N) is 1. The van der Waals surface area contributed by atoms with E-state index >= 15 is 0 Å². The molecule has 3 rings (SSSR count). The van der Waals surface area contributed by atoms with Crippen molar-refractivity contribution in [2.45, 2.75) is 31.7 Å². The first-order valence-corrected chi connectivity index (χ1v) is 9.30. The number of nitrogens with zero attached hydrogens (tertiary/aromatic N) is 3. The van der Waals surface area contributed by atoms with E-state index in [1.165, 1.54) is 19.3 Å². The van der Waals surface area contributed by atoms with Crippen LogP contribution >= 0.6 is 0 Å². The number of piperazine rings is 2. The highest BCUT2D eigenvalue weighted by molar-refractivity contribution is 5.89. The zero-order chi connectivity index (χ0) is 16.9. The van der Waals surface area contributed by atoms with Gasteiger partial charge in [-0.05, 0) is 18.8 Å². The number of carbonyl (C=O) groups is 2. The highest BCUT2D eigenvalue weighted by Gasteiger charge is 2.33. The van der Waals surface area contributed by atoms with Crippen molar-refractivity contribution in [1.82, 2.24) is 20.0 Å². The maximum Gasteiger partial charge on any atom is 0.240 e. The van der Waals surface area contributed by atoms with Gasteiger partial charge in [0.1, 0.15) is 0 Å². The first kappa shape index (κ1) is 17.6. The minimum Gasteiger partial charge on any atom is -0.395 e. The molecule has 136 valence electrons. The highest BCUT2D eigenvalue weighted by atomic mass is 16.3. The molecule has 0 aromatic rings. The summed E-state index contributed by atoms with van der Waals surface area (Å²) in [6.45, 7) is 6.20. The van der Waals surface area contributed by atoms with Crippen LogP contribution in [-0.4, -0.2) is 96.6 Å². The van der Waals surface area contributed by atoms with Crippen molar-refractivity contribution in [3.63, 3.8) is 0 Å². The number of rotatable bonds is 6. The molecule has 0 spiro atoms. The Balaban J connectivity index is 1.46. The molecule has 1 aliphatic carbocycles. The van der Waals surface area contributed by atoms with Gasteiger partial charge in [-0.2, -0.15) is 0 Å². The largest absolute Gasteiger partial charge is 0.395 e. The van der Waals surface area contributed by atoms with E-state index < -0.39 is 0 Å². The van der Waals surface area contributed by atoms with Gasteiger partial charge in [0.2, 0.25) is 11.8 Å². The summed E-state index contributed by atoms with van der Waals surface area (Å²) in [5, 5.41) is 12.2. The fraction of sp³-hybridized carbons (Fsp3) is 0.882. The average Bonchev–Trinajstić information content (AvgIpc) is 2.55. The van der Waals surface area contributed by atoms with Crippen LogP contribution in [-0.2, 0) is 9.59 Å². The molecule has 2 amide bonds. The predicted octanol–water partition coefficient (Wildman–Crippen LogP) is -0.886. The quantitative estimate of drug-likeness (QED) is 0.657. The number of hydrogen-bond acceptors (Lipinski definition) is 5. The number of hydrogen-bond donors (Lipinski definition) is 2. The van der Waals surface area contributed by atoms with E-state index in [9.17, 15) is 9.59 Å². The molecule has 0 bridgehead atoms. The number of aliphatic hydroxyl groups excluding tert-OH is 1. The number of carbonyl (C=O) groups excluding carboxylic acids is 2. The monoisotopic (exact) mass is 338 g/mol. The molecular formula is C17H30N4O3. The lowest BCUT2D eigenvalue weighted by atomic mass is 9.85. The average molecular weight is 338 g/mol. The van der Waals surface area contributed by atoms with Gasteiger partial charge in [-0.15, -0.1) is 0 Å². The van der Waals surface area contributed by atoms with Gasteiger partial charge in [-0.25, -0.2) is 0 Å². The maximum atomic E-state index is 12.6. The van der Waals surface area contributed by atoms with Crippen LogP contribution in [0, 0.1) is 5.92 Å². The zero-order valence-electron chi connectivity index (χ0n) is 14.5. The summed E-state index contributed by atoms with van der Waals surface area (Å²) >= 11 is 0. The summed E-state index contributed by atoms with van der Waals surface area (Å²) in [7, 11) is 0. The SMILES string of the molecule is O=C(CC1NCCN(CC2CCC2)C1=O)N1CCN(CCO)CC1. The van der Waals surface area contributed by atoms with Gasteiger partial charge >= 0.3 is 0 Å². The number of nitrogens with one attached hydrogen (secondary N) is 1. The van der Waals surface area contributed by atoms with E-state index in [1.54, 1.807) is 0 Å². The Hall–Kier alpha value is -1.18. The Kier molecular flexibility index (Phi) is 6.08. The van der Waals surface area contributed by atoms with Crippen molar-refractivity contribution in [3.8, 4) is 0 Å². The molecule has 1 unspecified atom stereocenters. The van der Waals surface area contributed by atoms with E-state index in [0.717, 1.165) is 32.7 Å². The fourth-order valence-corrected chi connectivity index (χ4v) is 3.79. The van der Waals surface area contributed by atoms with Crippen molar-refractivity contribution in [2.24, 2.45) is 5.92 Å². The lowest BCUT2D eigenvalue weighted by Crippen LogP contribution is -2.58. The lowest BCUT2D eigenvalue weighted by Gasteiger charge is -2.39. The smallest absolute Gasteiger partial charge is 0.240 e. The Morgan fingerprint density at radius 1 is 1.17 bits per heavy atom. The van der Waals surface area contributed by atoms with Crippen LogP contribution in [0.5, 0.6) is 0 Å². The second-order valence-corrected chi connectivity index (χ2v) is 7.24. The highest BCUT2D eigenvalue weighted by Crippen LogP contribution is 2.27. The molecule has 3 aliphatic rings. The van der Waals surface area contributed by atoms with E-state index in [0.29, 0.717) is 25.6 Å². The van der Waals surface area contributed by atoms with Crippen molar-refractivity contribution >= 4 is 11.8 Å². The van der Waals surface area contributed by atoms with Crippen molar-refractivity contribution < 1.29 is 14.7 Å². The first-order valence-electron chi connectivity index (χ1n) is 9.30. The Labute approximate surface area is 144 Å². The summed E-state index contributed by atoms with van der Waals surface area (Å²) in [5.74, 6) is 0.832. The molecule has 1 atom stereocenters. The van der Waals surface area contributed by atoms with Crippen LogP contribution in [0.15, 0.2) is 0 Å². The third kappa shape index (κ3) is 4.26. The zero-order valence-corrected chi connectivity index (χ0v) is 14.5. The Morgan fingerprint density at radius 3 is 2.54 bits per heavy atom. The number of aliphatic hydroxyl groups is 1. The van der Waals surface area contributed by atoms with Gasteiger partial charge in [0.05, 0.1) is 19.1 Å². The predicted molar refractivity (Wildman–Crippen MR) is 90.4 cm³/mol. The molecular weight excluding hydrogens is 308 g/mol. The van der Waals surface area contributed by atoms with Gasteiger partial charge in [-0.1, -0.05) is 6.42 Å². The van der Waals surface area contributed by atoms with E-state index in [4.69, 9.17) is 5.11 Å². The van der Waals surface area contributed by atoms with Crippen LogP contribution in [0.25, 0.3) is 0 Å². The lowest BCUT2D eigenvalue weighted by molar-refractivity contribution is -0.142. The van der Waals surface area contributed by atoms with E-state index in [-0.39, 0.29) is 30.9 Å². The van der Waals surface area contributed by atoms with Crippen molar-refractivity contribution in [1.29, 1.82) is 0 Å². The summed E-state index contributed by atoms with van der Waals surface area (Å²) in [6.07, 6.45) is 4.02. The normalized spacial score (nSPS) is 26.5. The van der Waals surface area contributed by atoms with Crippen LogP contribution in [0.3, 0.4) is 0 Å². The molecule has 7 heteroatoms. The molecule has 0 aromatic carbocycles. The molecule has 1 saturated carbocycles. The molecule has 0 radical (unpaired) electrons. The van der Waals surface area contributed by atoms with Crippen LogP contribution < -0.4 is 5.32 Å². The third-order valence-electron chi connectivity index (χ3n) is 5.61. The van der Waals surface area contributed by atoms with Crippen LogP contribution in [0.2, 0.25) is 0 Å². The van der Waals surface area contributed by atoms with Gasteiger partial charge in [-0.3, -0.25) is 14.5 Å². The van der Waals surface area contributed by atoms with Crippen LogP contribution in [0.4, 0.5) is 0 Å². The molecule has 7 nitrogen and oxygen atoms in total. The molecule has 0 aromatic heterocycles. The summed E-state index contributed by atoms with van der Waals surface area (Å²) in [6, 6.07) is -0.359. The third-order valence-corrected chi connectivity index (χ3v) is 5.61. The second-order valence-electron chi connectivity index (χ2n) is 7.24. The Bertz CT molecular complexity index is 447. The van der Waals surface area contributed by atoms with Crippen molar-refractivity contribution in [3.05, 3.63) is 0 Å². The van der Waals surface area contributed by atoms with Gasteiger partial charge in [0, 0.05) is 52.4 Å². The summed E-state index contributed by atoms with van der Waals surface area (Å²) in [5.41, 5.74) is 0.